The molecule has 1 amide bonds. The Balaban J connectivity index is 2.16. The fourth-order valence-corrected chi connectivity index (χ4v) is 2.51. The van der Waals surface area contributed by atoms with E-state index in [1.807, 2.05) is 32.9 Å². The van der Waals surface area contributed by atoms with Gasteiger partial charge in [-0.1, -0.05) is 31.4 Å². The zero-order valence-electron chi connectivity index (χ0n) is 12.1. The summed E-state index contributed by atoms with van der Waals surface area (Å²) in [7, 11) is 0. The number of cyclic esters (lactones) is 1. The summed E-state index contributed by atoms with van der Waals surface area (Å²) in [6, 6.07) is 5.99. The Kier molecular flexibility index (Phi) is 2.97. The molecule has 0 bridgehead atoms. The van der Waals surface area contributed by atoms with Gasteiger partial charge in [0.25, 0.3) is 0 Å². The molecular weight excluding hydrogens is 250 g/mol. The highest BCUT2D eigenvalue weighted by atomic mass is 16.6. The number of ether oxygens (including phenoxy) is 1. The lowest BCUT2D eigenvalue weighted by molar-refractivity contribution is 0.0223. The van der Waals surface area contributed by atoms with Gasteiger partial charge in [-0.3, -0.25) is 5.32 Å². The number of fused-ring (bicyclic) bond motifs is 1. The van der Waals surface area contributed by atoms with E-state index in [1.165, 1.54) is 0 Å². The molecule has 3 rings (SSSR count). The number of amides is 1. The van der Waals surface area contributed by atoms with Gasteiger partial charge in [0, 0.05) is 17.4 Å². The number of hydrogen-bond donors (Lipinski definition) is 1. The van der Waals surface area contributed by atoms with Crippen molar-refractivity contribution >= 4 is 11.8 Å². The normalized spacial score (nSPS) is 24.3. The van der Waals surface area contributed by atoms with Gasteiger partial charge in [0.05, 0.1) is 5.69 Å². The summed E-state index contributed by atoms with van der Waals surface area (Å²) in [5.74, 6) is 7.13. The fourth-order valence-electron chi connectivity index (χ4n) is 2.51. The second-order valence-electron chi connectivity index (χ2n) is 6.00. The lowest BCUT2D eigenvalue weighted by Crippen LogP contribution is -2.42. The summed E-state index contributed by atoms with van der Waals surface area (Å²) >= 11 is 0. The number of hydrogen-bond acceptors (Lipinski definition) is 2. The van der Waals surface area contributed by atoms with Crippen molar-refractivity contribution in [1.29, 1.82) is 0 Å². The number of carbonyl (C=O) groups is 1. The average Bonchev–Trinajstić information content (AvgIpc) is 3.20. The Morgan fingerprint density at radius 3 is 2.80 bits per heavy atom. The Hall–Kier alpha value is -1.95. The summed E-state index contributed by atoms with van der Waals surface area (Å²) < 4.78 is 5.67. The van der Waals surface area contributed by atoms with Crippen molar-refractivity contribution in [2.45, 2.75) is 39.2 Å². The molecule has 1 atom stereocenters. The van der Waals surface area contributed by atoms with Crippen LogP contribution in [0.3, 0.4) is 0 Å². The van der Waals surface area contributed by atoms with Crippen molar-refractivity contribution in [3.05, 3.63) is 29.3 Å². The van der Waals surface area contributed by atoms with E-state index in [1.54, 1.807) is 0 Å². The van der Waals surface area contributed by atoms with Gasteiger partial charge in [0.1, 0.15) is 0 Å². The maximum atomic E-state index is 11.9. The zero-order chi connectivity index (χ0) is 14.3. The van der Waals surface area contributed by atoms with Gasteiger partial charge in [-0.25, -0.2) is 4.79 Å². The number of anilines is 1. The van der Waals surface area contributed by atoms with Gasteiger partial charge >= 0.3 is 6.09 Å². The molecule has 0 saturated heterocycles. The van der Waals surface area contributed by atoms with Gasteiger partial charge in [-0.05, 0) is 37.8 Å². The van der Waals surface area contributed by atoms with Crippen LogP contribution in [0.1, 0.15) is 37.8 Å². The van der Waals surface area contributed by atoms with E-state index in [0.29, 0.717) is 5.92 Å². The summed E-state index contributed by atoms with van der Waals surface area (Å²) in [6.07, 6.45) is 1.90. The molecule has 1 unspecified atom stereocenters. The lowest BCUT2D eigenvalue weighted by Gasteiger charge is -2.37. The molecule has 1 aliphatic heterocycles. The largest absolute Gasteiger partial charge is 0.425 e. The van der Waals surface area contributed by atoms with Gasteiger partial charge in [-0.2, -0.15) is 0 Å². The minimum Gasteiger partial charge on any atom is -0.425 e. The molecule has 1 aromatic rings. The molecule has 3 nitrogen and oxygen atoms in total. The summed E-state index contributed by atoms with van der Waals surface area (Å²) in [4.78, 5) is 11.9. The summed E-state index contributed by atoms with van der Waals surface area (Å²) in [6.45, 7) is 6.13. The standard InChI is InChI=1S/C17H19NO2/c1-11(2)17(9-8-13-5-6-13)14-10-12(3)4-7-15(14)18-16(19)20-17/h4,7,10-11,13H,5-6H2,1-3H3,(H,18,19). The van der Waals surface area contributed by atoms with Gasteiger partial charge in [-0.15, -0.1) is 0 Å². The van der Waals surface area contributed by atoms with Gasteiger partial charge in [0.15, 0.2) is 0 Å². The molecular formula is C17H19NO2. The van der Waals surface area contributed by atoms with Crippen LogP contribution in [-0.4, -0.2) is 6.09 Å². The maximum Gasteiger partial charge on any atom is 0.413 e. The first-order valence-electron chi connectivity index (χ1n) is 7.15. The molecule has 20 heavy (non-hydrogen) atoms. The van der Waals surface area contributed by atoms with Gasteiger partial charge < -0.3 is 4.74 Å². The van der Waals surface area contributed by atoms with Crippen LogP contribution in [0.4, 0.5) is 10.5 Å². The number of carbonyl (C=O) groups excluding carboxylic acids is 1. The van der Waals surface area contributed by atoms with Crippen LogP contribution in [0.2, 0.25) is 0 Å². The maximum absolute atomic E-state index is 11.9. The zero-order valence-corrected chi connectivity index (χ0v) is 12.1. The van der Waals surface area contributed by atoms with E-state index in [2.05, 4.69) is 23.2 Å². The third-order valence-electron chi connectivity index (χ3n) is 3.92. The molecule has 1 saturated carbocycles. The first kappa shape index (κ1) is 13.1. The number of benzene rings is 1. The highest BCUT2D eigenvalue weighted by Gasteiger charge is 2.44. The predicted molar refractivity (Wildman–Crippen MR) is 78.3 cm³/mol. The van der Waals surface area contributed by atoms with Crippen molar-refractivity contribution in [1.82, 2.24) is 0 Å². The van der Waals surface area contributed by atoms with Crippen LogP contribution in [0.25, 0.3) is 0 Å². The summed E-state index contributed by atoms with van der Waals surface area (Å²) in [5, 5.41) is 2.77. The molecule has 1 heterocycles. The molecule has 1 fully saturated rings. The monoisotopic (exact) mass is 269 g/mol. The second-order valence-corrected chi connectivity index (χ2v) is 6.00. The third kappa shape index (κ3) is 2.16. The van der Waals surface area contributed by atoms with E-state index >= 15 is 0 Å². The smallest absolute Gasteiger partial charge is 0.413 e. The van der Waals surface area contributed by atoms with Crippen LogP contribution >= 0.6 is 0 Å². The fraction of sp³-hybridized carbons (Fsp3) is 0.471. The highest BCUT2D eigenvalue weighted by molar-refractivity contribution is 5.89. The van der Waals surface area contributed by atoms with Crippen LogP contribution < -0.4 is 5.32 Å². The van der Waals surface area contributed by atoms with E-state index in [-0.39, 0.29) is 5.92 Å². The minimum atomic E-state index is -0.827. The molecule has 3 heteroatoms. The Labute approximate surface area is 119 Å². The molecule has 0 radical (unpaired) electrons. The Bertz CT molecular complexity index is 620. The van der Waals surface area contributed by atoms with Crippen molar-refractivity contribution in [2.75, 3.05) is 5.32 Å². The molecule has 2 aliphatic rings. The van der Waals surface area contributed by atoms with Crippen molar-refractivity contribution < 1.29 is 9.53 Å². The highest BCUT2D eigenvalue weighted by Crippen LogP contribution is 2.42. The number of nitrogens with one attached hydrogen (secondary N) is 1. The number of aryl methyl sites for hydroxylation is 1. The van der Waals surface area contributed by atoms with E-state index in [0.717, 1.165) is 29.7 Å². The average molecular weight is 269 g/mol. The quantitative estimate of drug-likeness (QED) is 0.787. The van der Waals surface area contributed by atoms with Crippen LogP contribution in [0, 0.1) is 30.6 Å². The van der Waals surface area contributed by atoms with Crippen LogP contribution in [0.5, 0.6) is 0 Å². The molecule has 0 aromatic heterocycles. The second kappa shape index (κ2) is 4.56. The molecule has 104 valence electrons. The molecule has 1 aliphatic carbocycles. The Morgan fingerprint density at radius 1 is 1.40 bits per heavy atom. The van der Waals surface area contributed by atoms with Crippen molar-refractivity contribution in [3.8, 4) is 11.8 Å². The van der Waals surface area contributed by atoms with E-state index in [9.17, 15) is 4.79 Å². The van der Waals surface area contributed by atoms with E-state index < -0.39 is 11.7 Å². The predicted octanol–water partition coefficient (Wildman–Crippen LogP) is 3.82. The summed E-state index contributed by atoms with van der Waals surface area (Å²) in [5.41, 5.74) is 2.10. The SMILES string of the molecule is Cc1ccc2c(c1)C(C#CC1CC1)(C(C)C)OC(=O)N2. The van der Waals surface area contributed by atoms with Crippen LogP contribution in [-0.2, 0) is 10.3 Å². The van der Waals surface area contributed by atoms with E-state index in [4.69, 9.17) is 4.74 Å². The lowest BCUT2D eigenvalue weighted by atomic mass is 9.81. The molecule has 1 N–H and O–H groups in total. The third-order valence-corrected chi connectivity index (χ3v) is 3.92. The first-order chi connectivity index (χ1) is 9.51. The van der Waals surface area contributed by atoms with Crippen molar-refractivity contribution in [3.63, 3.8) is 0 Å². The topological polar surface area (TPSA) is 38.3 Å². The van der Waals surface area contributed by atoms with Crippen LogP contribution in [0.15, 0.2) is 18.2 Å². The molecule has 0 spiro atoms. The van der Waals surface area contributed by atoms with Crippen molar-refractivity contribution in [2.24, 2.45) is 11.8 Å². The Morgan fingerprint density at radius 2 is 2.15 bits per heavy atom. The number of rotatable bonds is 1. The molecule has 1 aromatic carbocycles. The first-order valence-corrected chi connectivity index (χ1v) is 7.15. The minimum absolute atomic E-state index is 0.0975. The van der Waals surface area contributed by atoms with Gasteiger partial charge in [0.2, 0.25) is 5.60 Å².